The van der Waals surface area contributed by atoms with E-state index < -0.39 is 0 Å². The van der Waals surface area contributed by atoms with Crippen LogP contribution in [-0.2, 0) is 0 Å². The highest BCUT2D eigenvalue weighted by Gasteiger charge is 2.14. The van der Waals surface area contributed by atoms with Crippen molar-refractivity contribution in [1.29, 1.82) is 0 Å². The van der Waals surface area contributed by atoms with Gasteiger partial charge in [0.05, 0.1) is 27.9 Å². The van der Waals surface area contributed by atoms with E-state index in [1.807, 2.05) is 6.92 Å². The zero-order valence-corrected chi connectivity index (χ0v) is 14.2. The predicted octanol–water partition coefficient (Wildman–Crippen LogP) is 1.96. The van der Waals surface area contributed by atoms with Crippen molar-refractivity contribution in [2.24, 2.45) is 0 Å². The van der Waals surface area contributed by atoms with Gasteiger partial charge in [-0.2, -0.15) is 4.98 Å². The Morgan fingerprint density at radius 2 is 1.67 bits per heavy atom. The third-order valence-electron chi connectivity index (χ3n) is 3.19. The van der Waals surface area contributed by atoms with Gasteiger partial charge in [0.15, 0.2) is 11.5 Å². The van der Waals surface area contributed by atoms with Crippen LogP contribution in [0.4, 0.5) is 17.5 Å². The molecular formula is C16H22N4O4. The van der Waals surface area contributed by atoms with Gasteiger partial charge in [0.2, 0.25) is 11.7 Å². The van der Waals surface area contributed by atoms with E-state index >= 15 is 0 Å². The third-order valence-corrected chi connectivity index (χ3v) is 3.19. The standard InChI is InChI=1S/C16H22N4O4/c1-10-7-14(17-5-6-21)20-16(18-10)19-11-8-12(22-2)15(24-4)13(9-11)23-3/h7-9,21H,5-6H2,1-4H3,(H2,17,18,19,20). The highest BCUT2D eigenvalue weighted by molar-refractivity contribution is 5.66. The maximum absolute atomic E-state index is 8.90. The summed E-state index contributed by atoms with van der Waals surface area (Å²) in [5, 5.41) is 15.0. The number of aliphatic hydroxyl groups is 1. The van der Waals surface area contributed by atoms with Crippen molar-refractivity contribution in [2.75, 3.05) is 45.1 Å². The monoisotopic (exact) mass is 334 g/mol. The van der Waals surface area contributed by atoms with Crippen molar-refractivity contribution in [3.8, 4) is 17.2 Å². The molecule has 130 valence electrons. The van der Waals surface area contributed by atoms with Crippen LogP contribution in [-0.4, -0.2) is 49.6 Å². The first-order chi connectivity index (χ1) is 11.6. The van der Waals surface area contributed by atoms with Crippen LogP contribution in [0.15, 0.2) is 18.2 Å². The molecule has 0 saturated carbocycles. The molecule has 0 amide bonds. The Balaban J connectivity index is 2.32. The molecule has 0 spiro atoms. The summed E-state index contributed by atoms with van der Waals surface area (Å²) in [5.74, 6) is 2.63. The molecular weight excluding hydrogens is 312 g/mol. The zero-order chi connectivity index (χ0) is 17.5. The highest BCUT2D eigenvalue weighted by atomic mass is 16.5. The van der Waals surface area contributed by atoms with E-state index in [1.54, 1.807) is 39.5 Å². The van der Waals surface area contributed by atoms with Gasteiger partial charge >= 0.3 is 0 Å². The van der Waals surface area contributed by atoms with Crippen LogP contribution in [0.5, 0.6) is 17.2 Å². The number of nitrogens with one attached hydrogen (secondary N) is 2. The van der Waals surface area contributed by atoms with Gasteiger partial charge in [-0.1, -0.05) is 0 Å². The van der Waals surface area contributed by atoms with Gasteiger partial charge in [0, 0.05) is 36.1 Å². The fourth-order valence-corrected chi connectivity index (χ4v) is 2.18. The molecule has 0 radical (unpaired) electrons. The SMILES string of the molecule is COc1cc(Nc2nc(C)cc(NCCO)n2)cc(OC)c1OC. The van der Waals surface area contributed by atoms with Gasteiger partial charge in [0.25, 0.3) is 0 Å². The van der Waals surface area contributed by atoms with Crippen LogP contribution < -0.4 is 24.8 Å². The zero-order valence-electron chi connectivity index (χ0n) is 14.2. The van der Waals surface area contributed by atoms with Crippen LogP contribution in [0.3, 0.4) is 0 Å². The van der Waals surface area contributed by atoms with E-state index in [-0.39, 0.29) is 6.61 Å². The van der Waals surface area contributed by atoms with Gasteiger partial charge < -0.3 is 30.0 Å². The van der Waals surface area contributed by atoms with Gasteiger partial charge in [0.1, 0.15) is 5.82 Å². The largest absolute Gasteiger partial charge is 0.493 e. The minimum absolute atomic E-state index is 0.0265. The number of anilines is 3. The van der Waals surface area contributed by atoms with E-state index in [9.17, 15) is 0 Å². The summed E-state index contributed by atoms with van der Waals surface area (Å²) in [6.07, 6.45) is 0. The summed E-state index contributed by atoms with van der Waals surface area (Å²) in [6.45, 7) is 2.31. The van der Waals surface area contributed by atoms with Crippen molar-refractivity contribution < 1.29 is 19.3 Å². The minimum Gasteiger partial charge on any atom is -0.493 e. The number of aliphatic hydroxyl groups excluding tert-OH is 1. The number of methoxy groups -OCH3 is 3. The Morgan fingerprint density at radius 3 is 2.21 bits per heavy atom. The molecule has 2 rings (SSSR count). The smallest absolute Gasteiger partial charge is 0.229 e. The number of aromatic nitrogens is 2. The second-order valence-corrected chi connectivity index (χ2v) is 4.91. The number of benzene rings is 1. The summed E-state index contributed by atoms with van der Waals surface area (Å²) in [4.78, 5) is 8.72. The van der Waals surface area contributed by atoms with Crippen LogP contribution in [0.2, 0.25) is 0 Å². The quantitative estimate of drug-likeness (QED) is 0.674. The molecule has 0 unspecified atom stereocenters. The first-order valence-corrected chi connectivity index (χ1v) is 7.38. The molecule has 0 saturated heterocycles. The number of hydrogen-bond donors (Lipinski definition) is 3. The van der Waals surface area contributed by atoms with Gasteiger partial charge in [-0.15, -0.1) is 0 Å². The fourth-order valence-electron chi connectivity index (χ4n) is 2.18. The first kappa shape index (κ1) is 17.6. The fraction of sp³-hybridized carbons (Fsp3) is 0.375. The van der Waals surface area contributed by atoms with Crippen molar-refractivity contribution >= 4 is 17.5 Å². The Labute approximate surface area is 140 Å². The van der Waals surface area contributed by atoms with Crippen LogP contribution in [0, 0.1) is 6.92 Å². The van der Waals surface area contributed by atoms with Crippen molar-refractivity contribution in [3.63, 3.8) is 0 Å². The number of nitrogens with zero attached hydrogens (tertiary/aromatic N) is 2. The Kier molecular flexibility index (Phi) is 6.02. The second-order valence-electron chi connectivity index (χ2n) is 4.91. The van der Waals surface area contributed by atoms with E-state index in [4.69, 9.17) is 19.3 Å². The van der Waals surface area contributed by atoms with E-state index in [1.165, 1.54) is 0 Å². The summed E-state index contributed by atoms with van der Waals surface area (Å²) in [7, 11) is 4.67. The second kappa shape index (κ2) is 8.21. The van der Waals surface area contributed by atoms with Crippen LogP contribution in [0.1, 0.15) is 5.69 Å². The molecule has 0 atom stereocenters. The van der Waals surface area contributed by atoms with Crippen LogP contribution in [0.25, 0.3) is 0 Å². The van der Waals surface area contributed by atoms with E-state index in [0.717, 1.165) is 5.69 Å². The maximum Gasteiger partial charge on any atom is 0.229 e. The third kappa shape index (κ3) is 4.17. The number of ether oxygens (including phenoxy) is 3. The average Bonchev–Trinajstić information content (AvgIpc) is 2.58. The lowest BCUT2D eigenvalue weighted by Gasteiger charge is -2.15. The molecule has 0 aliphatic carbocycles. The van der Waals surface area contributed by atoms with Crippen molar-refractivity contribution in [3.05, 3.63) is 23.9 Å². The molecule has 0 aliphatic heterocycles. The highest BCUT2D eigenvalue weighted by Crippen LogP contribution is 2.40. The summed E-state index contributed by atoms with van der Waals surface area (Å²) >= 11 is 0. The average molecular weight is 334 g/mol. The Bertz CT molecular complexity index is 669. The molecule has 1 aromatic heterocycles. The Hall–Kier alpha value is -2.74. The molecule has 0 fully saturated rings. The molecule has 8 nitrogen and oxygen atoms in total. The number of aryl methyl sites for hydroxylation is 1. The number of hydrogen-bond acceptors (Lipinski definition) is 8. The summed E-state index contributed by atoms with van der Waals surface area (Å²) in [5.41, 5.74) is 1.49. The topological polar surface area (TPSA) is 97.8 Å². The molecule has 1 heterocycles. The van der Waals surface area contributed by atoms with Crippen molar-refractivity contribution in [2.45, 2.75) is 6.92 Å². The predicted molar refractivity (Wildman–Crippen MR) is 91.7 cm³/mol. The number of rotatable bonds is 8. The summed E-state index contributed by atoms with van der Waals surface area (Å²) < 4.78 is 16.0. The minimum atomic E-state index is 0.0265. The normalized spacial score (nSPS) is 10.2. The molecule has 3 N–H and O–H groups in total. The lowest BCUT2D eigenvalue weighted by Crippen LogP contribution is -2.09. The molecule has 0 aliphatic rings. The molecule has 8 heteroatoms. The Morgan fingerprint density at radius 1 is 1.00 bits per heavy atom. The van der Waals surface area contributed by atoms with Gasteiger partial charge in [-0.3, -0.25) is 0 Å². The van der Waals surface area contributed by atoms with Crippen LogP contribution >= 0.6 is 0 Å². The molecule has 24 heavy (non-hydrogen) atoms. The first-order valence-electron chi connectivity index (χ1n) is 7.38. The van der Waals surface area contributed by atoms with E-state index in [2.05, 4.69) is 20.6 Å². The van der Waals surface area contributed by atoms with E-state index in [0.29, 0.717) is 41.2 Å². The molecule has 2 aromatic rings. The summed E-state index contributed by atoms with van der Waals surface area (Å²) in [6, 6.07) is 5.35. The lowest BCUT2D eigenvalue weighted by atomic mass is 10.2. The maximum atomic E-state index is 8.90. The molecule has 0 bridgehead atoms. The van der Waals surface area contributed by atoms with Crippen molar-refractivity contribution in [1.82, 2.24) is 9.97 Å². The van der Waals surface area contributed by atoms with Gasteiger partial charge in [-0.05, 0) is 6.92 Å². The van der Waals surface area contributed by atoms with Gasteiger partial charge in [-0.25, -0.2) is 4.98 Å². The lowest BCUT2D eigenvalue weighted by molar-refractivity contribution is 0.311. The molecule has 1 aromatic carbocycles.